The first-order chi connectivity index (χ1) is 9.15. The summed E-state index contributed by atoms with van der Waals surface area (Å²) in [5.41, 5.74) is -0.0264. The van der Waals surface area contributed by atoms with E-state index in [0.29, 0.717) is 39.0 Å². The fraction of sp³-hybridized carbons (Fsp3) is 0.929. The molecule has 5 nitrogen and oxygen atoms in total. The lowest BCUT2D eigenvalue weighted by Crippen LogP contribution is -2.51. The van der Waals surface area contributed by atoms with Crippen LogP contribution in [0.1, 0.15) is 47.0 Å². The van der Waals surface area contributed by atoms with Gasteiger partial charge in [0.2, 0.25) is 15.9 Å². The molecule has 1 fully saturated rings. The molecule has 0 aliphatic carbocycles. The minimum atomic E-state index is -3.13. The van der Waals surface area contributed by atoms with Crippen LogP contribution in [-0.4, -0.2) is 55.5 Å². The van der Waals surface area contributed by atoms with Gasteiger partial charge in [0.25, 0.3) is 0 Å². The van der Waals surface area contributed by atoms with E-state index in [9.17, 15) is 13.2 Å². The predicted molar refractivity (Wildman–Crippen MR) is 80.9 cm³/mol. The average Bonchev–Trinajstić information content (AvgIpc) is 2.34. The van der Waals surface area contributed by atoms with E-state index < -0.39 is 10.0 Å². The Bertz CT molecular complexity index is 418. The smallest absolute Gasteiger partial charge is 0.223 e. The van der Waals surface area contributed by atoms with Gasteiger partial charge in [-0.1, -0.05) is 34.1 Å². The van der Waals surface area contributed by atoms with E-state index in [0.717, 1.165) is 6.42 Å². The minimum absolute atomic E-state index is 0.0264. The summed E-state index contributed by atoms with van der Waals surface area (Å²) in [5, 5.41) is 0. The zero-order chi connectivity index (χ0) is 15.4. The van der Waals surface area contributed by atoms with E-state index in [1.807, 2.05) is 27.7 Å². The van der Waals surface area contributed by atoms with Crippen molar-refractivity contribution < 1.29 is 13.2 Å². The van der Waals surface area contributed by atoms with Crippen molar-refractivity contribution in [2.75, 3.05) is 31.9 Å². The monoisotopic (exact) mass is 304 g/mol. The summed E-state index contributed by atoms with van der Waals surface area (Å²) in [6.07, 6.45) is 2.09. The molecule has 0 aromatic heterocycles. The van der Waals surface area contributed by atoms with Gasteiger partial charge in [-0.2, -0.15) is 4.31 Å². The predicted octanol–water partition coefficient (Wildman–Crippen LogP) is 1.70. The Morgan fingerprint density at radius 1 is 1.10 bits per heavy atom. The fourth-order valence-corrected chi connectivity index (χ4v) is 3.87. The van der Waals surface area contributed by atoms with Gasteiger partial charge in [-0.25, -0.2) is 8.42 Å². The van der Waals surface area contributed by atoms with Gasteiger partial charge >= 0.3 is 0 Å². The summed E-state index contributed by atoms with van der Waals surface area (Å²) in [7, 11) is -3.13. The standard InChI is InChI=1S/C14H28N2O3S/c1-5-6-11-20(18,19)16-9-7-15(8-10-16)13(17)12-14(2,3)4/h5-12H2,1-4H3. The summed E-state index contributed by atoms with van der Waals surface area (Å²) in [6, 6.07) is 0. The van der Waals surface area contributed by atoms with Crippen LogP contribution >= 0.6 is 0 Å². The molecule has 118 valence electrons. The molecule has 1 amide bonds. The number of rotatable bonds is 5. The van der Waals surface area contributed by atoms with E-state index in [-0.39, 0.29) is 17.1 Å². The van der Waals surface area contributed by atoms with Gasteiger partial charge in [-0.05, 0) is 11.8 Å². The van der Waals surface area contributed by atoms with Crippen LogP contribution in [0.2, 0.25) is 0 Å². The lowest BCUT2D eigenvalue weighted by atomic mass is 9.91. The van der Waals surface area contributed by atoms with E-state index in [2.05, 4.69) is 0 Å². The topological polar surface area (TPSA) is 57.7 Å². The van der Waals surface area contributed by atoms with Crippen molar-refractivity contribution >= 4 is 15.9 Å². The Kier molecular flexibility index (Phi) is 6.01. The van der Waals surface area contributed by atoms with Gasteiger partial charge in [-0.15, -0.1) is 0 Å². The first-order valence-corrected chi connectivity index (χ1v) is 9.02. The molecule has 0 aromatic rings. The average molecular weight is 304 g/mol. The summed E-state index contributed by atoms with van der Waals surface area (Å²) >= 11 is 0. The van der Waals surface area contributed by atoms with Gasteiger partial charge in [-0.3, -0.25) is 4.79 Å². The quantitative estimate of drug-likeness (QED) is 0.777. The number of hydrogen-bond acceptors (Lipinski definition) is 3. The first-order valence-electron chi connectivity index (χ1n) is 7.41. The lowest BCUT2D eigenvalue weighted by molar-refractivity contribution is -0.134. The largest absolute Gasteiger partial charge is 0.340 e. The van der Waals surface area contributed by atoms with Crippen LogP contribution in [0, 0.1) is 5.41 Å². The number of hydrogen-bond donors (Lipinski definition) is 0. The van der Waals surface area contributed by atoms with Crippen LogP contribution in [0.25, 0.3) is 0 Å². The third-order valence-corrected chi connectivity index (χ3v) is 5.38. The number of piperazine rings is 1. The van der Waals surface area contributed by atoms with Gasteiger partial charge in [0.15, 0.2) is 0 Å². The Morgan fingerprint density at radius 3 is 2.10 bits per heavy atom. The molecule has 1 aliphatic rings. The van der Waals surface area contributed by atoms with Crippen LogP contribution in [0.5, 0.6) is 0 Å². The molecule has 1 heterocycles. The van der Waals surface area contributed by atoms with Crippen molar-refractivity contribution in [3.05, 3.63) is 0 Å². The van der Waals surface area contributed by atoms with Gasteiger partial charge in [0, 0.05) is 32.6 Å². The highest BCUT2D eigenvalue weighted by atomic mass is 32.2. The molecule has 1 aliphatic heterocycles. The molecule has 0 spiro atoms. The number of unbranched alkanes of at least 4 members (excludes halogenated alkanes) is 1. The van der Waals surface area contributed by atoms with Crippen LogP contribution in [-0.2, 0) is 14.8 Å². The molecule has 0 saturated carbocycles. The minimum Gasteiger partial charge on any atom is -0.340 e. The molecule has 0 atom stereocenters. The third-order valence-electron chi connectivity index (χ3n) is 3.42. The number of sulfonamides is 1. The molecule has 0 bridgehead atoms. The zero-order valence-corrected chi connectivity index (χ0v) is 14.0. The molecule has 1 saturated heterocycles. The van der Waals surface area contributed by atoms with Gasteiger partial charge in [0.1, 0.15) is 0 Å². The van der Waals surface area contributed by atoms with Crippen molar-refractivity contribution in [3.8, 4) is 0 Å². The summed E-state index contributed by atoms with van der Waals surface area (Å²) < 4.78 is 25.7. The second kappa shape index (κ2) is 6.89. The van der Waals surface area contributed by atoms with E-state index in [1.165, 1.54) is 4.31 Å². The Morgan fingerprint density at radius 2 is 1.65 bits per heavy atom. The van der Waals surface area contributed by atoms with Crippen molar-refractivity contribution in [2.45, 2.75) is 47.0 Å². The van der Waals surface area contributed by atoms with Gasteiger partial charge in [0.05, 0.1) is 5.75 Å². The first kappa shape index (κ1) is 17.4. The van der Waals surface area contributed by atoms with Crippen LogP contribution in [0.15, 0.2) is 0 Å². The van der Waals surface area contributed by atoms with Crippen LogP contribution in [0.4, 0.5) is 0 Å². The Hall–Kier alpha value is -0.620. The SMILES string of the molecule is CCCCS(=O)(=O)N1CCN(C(=O)CC(C)(C)C)CC1. The summed E-state index contributed by atoms with van der Waals surface area (Å²) in [6.45, 7) is 9.99. The number of carbonyl (C=O) groups excluding carboxylic acids is 1. The van der Waals surface area contributed by atoms with E-state index in [1.54, 1.807) is 4.90 Å². The highest BCUT2D eigenvalue weighted by Gasteiger charge is 2.29. The highest BCUT2D eigenvalue weighted by molar-refractivity contribution is 7.89. The summed E-state index contributed by atoms with van der Waals surface area (Å²) in [4.78, 5) is 13.9. The zero-order valence-electron chi connectivity index (χ0n) is 13.2. The maximum Gasteiger partial charge on any atom is 0.223 e. The molecule has 0 radical (unpaired) electrons. The second-order valence-electron chi connectivity index (χ2n) is 6.69. The Labute approximate surface area is 123 Å². The van der Waals surface area contributed by atoms with Crippen LogP contribution < -0.4 is 0 Å². The van der Waals surface area contributed by atoms with Crippen LogP contribution in [0.3, 0.4) is 0 Å². The third kappa shape index (κ3) is 5.40. The lowest BCUT2D eigenvalue weighted by Gasteiger charge is -2.35. The molecule has 20 heavy (non-hydrogen) atoms. The normalized spacial score (nSPS) is 18.3. The molecule has 0 unspecified atom stereocenters. The van der Waals surface area contributed by atoms with Crippen molar-refractivity contribution in [1.82, 2.24) is 9.21 Å². The van der Waals surface area contributed by atoms with Crippen molar-refractivity contribution in [2.24, 2.45) is 5.41 Å². The fourth-order valence-electron chi connectivity index (χ4n) is 2.24. The number of nitrogens with zero attached hydrogens (tertiary/aromatic N) is 2. The van der Waals surface area contributed by atoms with Gasteiger partial charge < -0.3 is 4.90 Å². The maximum absolute atomic E-state index is 12.1. The molecule has 1 rings (SSSR count). The molecular weight excluding hydrogens is 276 g/mol. The molecular formula is C14H28N2O3S. The van der Waals surface area contributed by atoms with E-state index in [4.69, 9.17) is 0 Å². The molecule has 0 aromatic carbocycles. The second-order valence-corrected chi connectivity index (χ2v) is 8.78. The number of amides is 1. The van der Waals surface area contributed by atoms with Crippen molar-refractivity contribution in [3.63, 3.8) is 0 Å². The Balaban J connectivity index is 2.49. The summed E-state index contributed by atoms with van der Waals surface area (Å²) in [5.74, 6) is 0.350. The molecule has 0 N–H and O–H groups in total. The number of carbonyl (C=O) groups is 1. The molecule has 6 heteroatoms. The maximum atomic E-state index is 12.1. The van der Waals surface area contributed by atoms with E-state index >= 15 is 0 Å². The van der Waals surface area contributed by atoms with Crippen molar-refractivity contribution in [1.29, 1.82) is 0 Å². The highest BCUT2D eigenvalue weighted by Crippen LogP contribution is 2.20.